The van der Waals surface area contributed by atoms with E-state index in [0.717, 1.165) is 28.1 Å². The number of nitrogens with zero attached hydrogens (tertiary/aromatic N) is 3. The number of hydrogen-bond acceptors (Lipinski definition) is 3. The lowest BCUT2D eigenvalue weighted by molar-refractivity contribution is -0.127. The van der Waals surface area contributed by atoms with E-state index in [1.165, 1.54) is 11.0 Å². The highest BCUT2D eigenvalue weighted by atomic mass is 19.1. The smallest absolute Gasteiger partial charge is 0.246 e. The predicted molar refractivity (Wildman–Crippen MR) is 114 cm³/mol. The monoisotopic (exact) mass is 405 g/mol. The zero-order chi connectivity index (χ0) is 21.3. The Morgan fingerprint density at radius 3 is 2.83 bits per heavy atom. The maximum absolute atomic E-state index is 14.6. The second kappa shape index (κ2) is 8.14. The van der Waals surface area contributed by atoms with Gasteiger partial charge in [-0.05, 0) is 41.8 Å². The maximum atomic E-state index is 14.6. The van der Waals surface area contributed by atoms with E-state index in [0.29, 0.717) is 12.2 Å². The van der Waals surface area contributed by atoms with Gasteiger partial charge < -0.3 is 14.2 Å². The lowest BCUT2D eigenvalue weighted by Gasteiger charge is -2.26. The van der Waals surface area contributed by atoms with Gasteiger partial charge in [-0.15, -0.1) is 0 Å². The van der Waals surface area contributed by atoms with Gasteiger partial charge in [-0.25, -0.2) is 9.37 Å². The molecule has 0 aliphatic heterocycles. The zero-order valence-corrected chi connectivity index (χ0v) is 17.2. The van der Waals surface area contributed by atoms with Crippen molar-refractivity contribution in [2.75, 3.05) is 14.2 Å². The first-order valence-electron chi connectivity index (χ1n) is 9.83. The van der Waals surface area contributed by atoms with Crippen LogP contribution in [0.5, 0.6) is 5.75 Å². The summed E-state index contributed by atoms with van der Waals surface area (Å²) in [4.78, 5) is 18.5. The summed E-state index contributed by atoms with van der Waals surface area (Å²) in [7, 11) is 3.26. The minimum absolute atomic E-state index is 0.243. The molecule has 3 aromatic rings. The molecule has 0 radical (unpaired) electrons. The lowest BCUT2D eigenvalue weighted by Crippen LogP contribution is -2.33. The van der Waals surface area contributed by atoms with Gasteiger partial charge in [-0.2, -0.15) is 0 Å². The minimum Gasteiger partial charge on any atom is -0.495 e. The number of fused-ring (bicyclic) bond motifs is 1. The molecule has 0 fully saturated rings. The number of ether oxygens (including phenoxy) is 1. The molecule has 1 unspecified atom stereocenters. The number of carbonyl (C=O) groups is 1. The van der Waals surface area contributed by atoms with Crippen LogP contribution in [-0.4, -0.2) is 40.7 Å². The first-order chi connectivity index (χ1) is 14.5. The molecule has 154 valence electrons. The van der Waals surface area contributed by atoms with Gasteiger partial charge in [-0.3, -0.25) is 4.79 Å². The molecular weight excluding hydrogens is 381 g/mol. The fourth-order valence-electron chi connectivity index (χ4n) is 3.96. The van der Waals surface area contributed by atoms with E-state index in [1.807, 2.05) is 60.2 Å². The zero-order valence-electron chi connectivity index (χ0n) is 17.2. The maximum Gasteiger partial charge on any atom is 0.246 e. The number of rotatable bonds is 5. The molecule has 0 spiro atoms. The molecule has 0 N–H and O–H groups in total. The van der Waals surface area contributed by atoms with Crippen LogP contribution in [0.2, 0.25) is 0 Å². The molecule has 1 amide bonds. The second-order valence-electron chi connectivity index (χ2n) is 7.50. The van der Waals surface area contributed by atoms with Gasteiger partial charge >= 0.3 is 0 Å². The summed E-state index contributed by atoms with van der Waals surface area (Å²) in [5, 5.41) is 0. The third-order valence-corrected chi connectivity index (χ3v) is 5.51. The molecule has 30 heavy (non-hydrogen) atoms. The van der Waals surface area contributed by atoms with Gasteiger partial charge in [0.05, 0.1) is 30.9 Å². The molecule has 0 bridgehead atoms. The normalized spacial score (nSPS) is 17.9. The molecule has 2 atom stereocenters. The van der Waals surface area contributed by atoms with E-state index in [9.17, 15) is 9.18 Å². The van der Waals surface area contributed by atoms with Crippen molar-refractivity contribution >= 4 is 12.0 Å². The van der Waals surface area contributed by atoms with Crippen molar-refractivity contribution in [3.05, 3.63) is 83.4 Å². The van der Waals surface area contributed by atoms with Crippen molar-refractivity contribution in [3.8, 4) is 11.4 Å². The van der Waals surface area contributed by atoms with Crippen LogP contribution in [0, 0.1) is 6.92 Å². The van der Waals surface area contributed by atoms with Crippen molar-refractivity contribution in [3.63, 3.8) is 0 Å². The Bertz CT molecular complexity index is 1110. The number of aromatic nitrogens is 2. The van der Waals surface area contributed by atoms with E-state index in [1.54, 1.807) is 26.6 Å². The van der Waals surface area contributed by atoms with Crippen LogP contribution in [0.1, 0.15) is 28.4 Å². The van der Waals surface area contributed by atoms with Crippen LogP contribution < -0.4 is 4.74 Å². The summed E-state index contributed by atoms with van der Waals surface area (Å²) >= 11 is 0. The summed E-state index contributed by atoms with van der Waals surface area (Å²) in [6.45, 7) is 1.92. The Labute approximate surface area is 175 Å². The molecule has 6 heteroatoms. The third-order valence-electron chi connectivity index (χ3n) is 5.51. The molecule has 5 nitrogen and oxygen atoms in total. The van der Waals surface area contributed by atoms with Gasteiger partial charge in [0.25, 0.3) is 0 Å². The quantitative estimate of drug-likeness (QED) is 0.595. The first kappa shape index (κ1) is 19.9. The van der Waals surface area contributed by atoms with Crippen molar-refractivity contribution in [1.29, 1.82) is 0 Å². The number of halogens is 1. The number of carbonyl (C=O) groups excluding carboxylic acids is 1. The molecule has 1 aliphatic rings. The summed E-state index contributed by atoms with van der Waals surface area (Å²) in [5.41, 5.74) is 4.44. The van der Waals surface area contributed by atoms with Crippen molar-refractivity contribution in [2.24, 2.45) is 0 Å². The number of amides is 1. The molecule has 0 saturated carbocycles. The van der Waals surface area contributed by atoms with Crippen LogP contribution in [0.4, 0.5) is 4.39 Å². The van der Waals surface area contributed by atoms with Crippen LogP contribution in [-0.2, 0) is 11.2 Å². The fraction of sp³-hybridized carbons (Fsp3) is 0.250. The van der Waals surface area contributed by atoms with Gasteiger partial charge in [0.15, 0.2) is 0 Å². The highest BCUT2D eigenvalue weighted by Gasteiger charge is 2.36. The molecule has 1 aromatic heterocycles. The van der Waals surface area contributed by atoms with Crippen LogP contribution in [0.25, 0.3) is 11.8 Å². The predicted octanol–water partition coefficient (Wildman–Crippen LogP) is 4.30. The standard InChI is InChI=1S/C24H24FN3O2/c1-16-14-28(15-26-16)21-10-8-17(12-22(21)30-3)9-11-23(29)27(2)24-19-7-5-4-6-18(19)13-20(24)25/h4-12,14-15,20,24H,13H2,1-3H3/b11-9+/t20-,24?/m0/s1. The van der Waals surface area contributed by atoms with E-state index in [4.69, 9.17) is 4.74 Å². The van der Waals surface area contributed by atoms with Gasteiger partial charge in [-0.1, -0.05) is 30.3 Å². The number of likely N-dealkylation sites (N-methyl/N-ethyl adjacent to an activating group) is 1. The number of imidazole rings is 1. The van der Waals surface area contributed by atoms with E-state index < -0.39 is 12.2 Å². The fourth-order valence-corrected chi connectivity index (χ4v) is 3.96. The number of hydrogen-bond donors (Lipinski definition) is 0. The second-order valence-corrected chi connectivity index (χ2v) is 7.50. The van der Waals surface area contributed by atoms with Crippen LogP contribution in [0.15, 0.2) is 61.1 Å². The first-order valence-corrected chi connectivity index (χ1v) is 9.83. The number of methoxy groups -OCH3 is 1. The summed E-state index contributed by atoms with van der Waals surface area (Å²) in [6, 6.07) is 12.7. The minimum atomic E-state index is -1.09. The van der Waals surface area contributed by atoms with E-state index >= 15 is 0 Å². The average Bonchev–Trinajstić information content (AvgIpc) is 3.33. The molecule has 4 rings (SSSR count). The topological polar surface area (TPSA) is 47.4 Å². The Balaban J connectivity index is 1.53. The van der Waals surface area contributed by atoms with Crippen molar-refractivity contribution in [2.45, 2.75) is 25.6 Å². The Hall–Kier alpha value is -3.41. The number of benzene rings is 2. The van der Waals surface area contributed by atoms with Gasteiger partial charge in [0, 0.05) is 25.7 Å². The molecular formula is C24H24FN3O2. The molecule has 1 aliphatic carbocycles. The van der Waals surface area contributed by atoms with Gasteiger partial charge in [0.1, 0.15) is 11.9 Å². The van der Waals surface area contributed by atoms with E-state index in [-0.39, 0.29) is 5.91 Å². The van der Waals surface area contributed by atoms with Gasteiger partial charge in [0.2, 0.25) is 5.91 Å². The molecule has 0 saturated heterocycles. The molecule has 2 aromatic carbocycles. The summed E-state index contributed by atoms with van der Waals surface area (Å²) in [5.74, 6) is 0.427. The highest BCUT2D eigenvalue weighted by molar-refractivity contribution is 5.92. The summed E-state index contributed by atoms with van der Waals surface area (Å²) < 4.78 is 22.0. The Morgan fingerprint density at radius 1 is 1.30 bits per heavy atom. The number of alkyl halides is 1. The largest absolute Gasteiger partial charge is 0.495 e. The van der Waals surface area contributed by atoms with Crippen molar-refractivity contribution < 1.29 is 13.9 Å². The summed E-state index contributed by atoms with van der Waals surface area (Å²) in [6.07, 6.45) is 6.09. The van der Waals surface area contributed by atoms with Crippen LogP contribution in [0.3, 0.4) is 0 Å². The highest BCUT2D eigenvalue weighted by Crippen LogP contribution is 2.37. The van der Waals surface area contributed by atoms with Crippen LogP contribution >= 0.6 is 0 Å². The molecule has 1 heterocycles. The Morgan fingerprint density at radius 2 is 2.10 bits per heavy atom. The SMILES string of the molecule is COc1cc(/C=C/C(=O)N(C)C2c3ccccc3C[C@@H]2F)ccc1-n1cnc(C)c1. The third kappa shape index (κ3) is 3.73. The lowest BCUT2D eigenvalue weighted by atomic mass is 10.1. The van der Waals surface area contributed by atoms with E-state index in [2.05, 4.69) is 4.98 Å². The Kier molecular flexibility index (Phi) is 5.40. The van der Waals surface area contributed by atoms with Crippen molar-refractivity contribution in [1.82, 2.24) is 14.5 Å². The number of aryl methyl sites for hydroxylation is 1. The average molecular weight is 405 g/mol.